The number of anilines is 2. The minimum absolute atomic E-state index is 0.142. The van der Waals surface area contributed by atoms with E-state index in [9.17, 15) is 9.59 Å². The lowest BCUT2D eigenvalue weighted by atomic mass is 9.89. The van der Waals surface area contributed by atoms with Gasteiger partial charge in [-0.25, -0.2) is 0 Å². The molecule has 1 saturated heterocycles. The van der Waals surface area contributed by atoms with Gasteiger partial charge in [0.25, 0.3) is 0 Å². The quantitative estimate of drug-likeness (QED) is 0.789. The van der Waals surface area contributed by atoms with E-state index < -0.39 is 5.41 Å². The summed E-state index contributed by atoms with van der Waals surface area (Å²) in [7, 11) is 1.65. The van der Waals surface area contributed by atoms with Crippen LogP contribution in [0.3, 0.4) is 0 Å². The number of piperazine rings is 1. The summed E-state index contributed by atoms with van der Waals surface area (Å²) in [6, 6.07) is 15.5. The number of aryl methyl sites for hydroxylation is 1. The number of methoxy groups -OCH3 is 1. The van der Waals surface area contributed by atoms with E-state index in [0.717, 1.165) is 30.1 Å². The second-order valence-corrected chi connectivity index (χ2v) is 7.92. The third-order valence-corrected chi connectivity index (χ3v) is 5.42. The molecule has 3 rings (SSSR count). The molecule has 0 unspecified atom stereocenters. The molecule has 0 atom stereocenters. The van der Waals surface area contributed by atoms with Crippen LogP contribution in [0.1, 0.15) is 19.4 Å². The van der Waals surface area contributed by atoms with Gasteiger partial charge in [0.1, 0.15) is 11.2 Å². The maximum absolute atomic E-state index is 13.1. The van der Waals surface area contributed by atoms with E-state index in [1.165, 1.54) is 0 Å². The lowest BCUT2D eigenvalue weighted by Crippen LogP contribution is -2.54. The standard InChI is InChI=1S/C23H29N3O3/c1-17-5-7-18(8-6-17)24-21(27)23(2,3)22(28)26-15-13-25(14-16-26)19-9-11-20(29-4)12-10-19/h5-12H,13-16H2,1-4H3,(H,24,27). The number of hydrogen-bond donors (Lipinski definition) is 1. The monoisotopic (exact) mass is 395 g/mol. The lowest BCUT2D eigenvalue weighted by Gasteiger charge is -2.39. The van der Waals surface area contributed by atoms with E-state index in [-0.39, 0.29) is 11.8 Å². The minimum Gasteiger partial charge on any atom is -0.497 e. The Hall–Kier alpha value is -3.02. The van der Waals surface area contributed by atoms with Crippen molar-refractivity contribution in [2.45, 2.75) is 20.8 Å². The van der Waals surface area contributed by atoms with Gasteiger partial charge in [-0.15, -0.1) is 0 Å². The van der Waals surface area contributed by atoms with Crippen LogP contribution in [0.15, 0.2) is 48.5 Å². The van der Waals surface area contributed by atoms with Gasteiger partial charge < -0.3 is 19.9 Å². The maximum atomic E-state index is 13.1. The third-order valence-electron chi connectivity index (χ3n) is 5.42. The molecule has 1 aliphatic heterocycles. The highest BCUT2D eigenvalue weighted by Gasteiger charge is 2.40. The minimum atomic E-state index is -1.13. The molecule has 0 bridgehead atoms. The van der Waals surface area contributed by atoms with E-state index >= 15 is 0 Å². The molecule has 1 N–H and O–H groups in total. The normalized spacial score (nSPS) is 14.5. The van der Waals surface area contributed by atoms with Gasteiger partial charge in [-0.1, -0.05) is 17.7 Å². The molecule has 2 aromatic carbocycles. The lowest BCUT2D eigenvalue weighted by molar-refractivity contribution is -0.146. The Bertz CT molecular complexity index is 852. The van der Waals surface area contributed by atoms with Crippen LogP contribution in [-0.2, 0) is 9.59 Å². The number of carbonyl (C=O) groups is 2. The Kier molecular flexibility index (Phi) is 6.11. The van der Waals surface area contributed by atoms with Crippen molar-refractivity contribution in [3.63, 3.8) is 0 Å². The van der Waals surface area contributed by atoms with Gasteiger partial charge >= 0.3 is 0 Å². The topological polar surface area (TPSA) is 61.9 Å². The molecule has 0 saturated carbocycles. The largest absolute Gasteiger partial charge is 0.497 e. The highest BCUT2D eigenvalue weighted by molar-refractivity contribution is 6.09. The molecule has 0 aliphatic carbocycles. The summed E-state index contributed by atoms with van der Waals surface area (Å²) in [6.07, 6.45) is 0. The van der Waals surface area contributed by atoms with Crippen LogP contribution >= 0.6 is 0 Å². The number of amides is 2. The first-order valence-corrected chi connectivity index (χ1v) is 9.88. The summed E-state index contributed by atoms with van der Waals surface area (Å²) in [4.78, 5) is 29.9. The molecule has 154 valence electrons. The molecule has 6 heteroatoms. The fourth-order valence-corrected chi connectivity index (χ4v) is 3.38. The molecule has 1 fully saturated rings. The Morgan fingerprint density at radius 2 is 1.52 bits per heavy atom. The molecule has 1 aliphatic rings. The average molecular weight is 396 g/mol. The summed E-state index contributed by atoms with van der Waals surface area (Å²) < 4.78 is 5.20. The number of rotatable bonds is 5. The summed E-state index contributed by atoms with van der Waals surface area (Å²) in [5.41, 5.74) is 1.79. The predicted molar refractivity (Wildman–Crippen MR) is 115 cm³/mol. The molecule has 0 aromatic heterocycles. The zero-order chi connectivity index (χ0) is 21.0. The fourth-order valence-electron chi connectivity index (χ4n) is 3.38. The second-order valence-electron chi connectivity index (χ2n) is 7.92. The van der Waals surface area contributed by atoms with E-state index in [4.69, 9.17) is 4.74 Å². The van der Waals surface area contributed by atoms with Gasteiger partial charge in [-0.3, -0.25) is 9.59 Å². The van der Waals surface area contributed by atoms with Gasteiger partial charge in [0.05, 0.1) is 7.11 Å². The van der Waals surface area contributed by atoms with E-state index in [1.807, 2.05) is 55.5 Å². The average Bonchev–Trinajstić information content (AvgIpc) is 2.75. The zero-order valence-electron chi connectivity index (χ0n) is 17.6. The Balaban J connectivity index is 1.59. The van der Waals surface area contributed by atoms with Gasteiger partial charge in [-0.2, -0.15) is 0 Å². The number of hydrogen-bond acceptors (Lipinski definition) is 4. The Labute approximate surface area is 172 Å². The van der Waals surface area contributed by atoms with Crippen molar-refractivity contribution in [2.75, 3.05) is 43.5 Å². The van der Waals surface area contributed by atoms with Crippen LogP contribution < -0.4 is 15.0 Å². The second kappa shape index (κ2) is 8.55. The predicted octanol–water partition coefficient (Wildman–Crippen LogP) is 3.32. The van der Waals surface area contributed by atoms with Crippen molar-refractivity contribution in [2.24, 2.45) is 5.41 Å². The molecule has 6 nitrogen and oxygen atoms in total. The molecule has 2 aromatic rings. The molecule has 0 radical (unpaired) electrons. The van der Waals surface area contributed by atoms with Crippen LogP contribution in [-0.4, -0.2) is 50.0 Å². The highest BCUT2D eigenvalue weighted by Crippen LogP contribution is 2.25. The van der Waals surface area contributed by atoms with Crippen molar-refractivity contribution in [1.82, 2.24) is 4.90 Å². The van der Waals surface area contributed by atoms with Crippen LogP contribution in [0.4, 0.5) is 11.4 Å². The Morgan fingerprint density at radius 1 is 0.931 bits per heavy atom. The summed E-state index contributed by atoms with van der Waals surface area (Å²) >= 11 is 0. The first kappa shape index (κ1) is 20.7. The van der Waals surface area contributed by atoms with Crippen LogP contribution in [0, 0.1) is 12.3 Å². The number of benzene rings is 2. The maximum Gasteiger partial charge on any atom is 0.239 e. The van der Waals surface area contributed by atoms with Crippen LogP contribution in [0.25, 0.3) is 0 Å². The fraction of sp³-hybridized carbons (Fsp3) is 0.391. The van der Waals surface area contributed by atoms with Crippen molar-refractivity contribution in [3.05, 3.63) is 54.1 Å². The van der Waals surface area contributed by atoms with E-state index in [0.29, 0.717) is 18.8 Å². The summed E-state index contributed by atoms with van der Waals surface area (Å²) in [6.45, 7) is 8.01. The number of carbonyl (C=O) groups excluding carboxylic acids is 2. The van der Waals surface area contributed by atoms with Crippen molar-refractivity contribution >= 4 is 23.2 Å². The third kappa shape index (κ3) is 4.70. The Morgan fingerprint density at radius 3 is 2.07 bits per heavy atom. The highest BCUT2D eigenvalue weighted by atomic mass is 16.5. The van der Waals surface area contributed by atoms with E-state index in [2.05, 4.69) is 10.2 Å². The number of nitrogens with one attached hydrogen (secondary N) is 1. The van der Waals surface area contributed by atoms with Crippen molar-refractivity contribution < 1.29 is 14.3 Å². The van der Waals surface area contributed by atoms with Crippen LogP contribution in [0.5, 0.6) is 5.75 Å². The molecule has 1 heterocycles. The SMILES string of the molecule is COc1ccc(N2CCN(C(=O)C(C)(C)C(=O)Nc3ccc(C)cc3)CC2)cc1. The summed E-state index contributed by atoms with van der Waals surface area (Å²) in [5, 5.41) is 2.87. The number of ether oxygens (including phenoxy) is 1. The molecular weight excluding hydrogens is 366 g/mol. The zero-order valence-corrected chi connectivity index (χ0v) is 17.6. The smallest absolute Gasteiger partial charge is 0.239 e. The molecule has 2 amide bonds. The van der Waals surface area contributed by atoms with Gasteiger partial charge in [0.15, 0.2) is 0 Å². The van der Waals surface area contributed by atoms with Gasteiger partial charge in [-0.05, 0) is 57.2 Å². The van der Waals surface area contributed by atoms with E-state index in [1.54, 1.807) is 25.9 Å². The molecular formula is C23H29N3O3. The van der Waals surface area contributed by atoms with Crippen molar-refractivity contribution in [3.8, 4) is 5.75 Å². The summed E-state index contributed by atoms with van der Waals surface area (Å²) in [5.74, 6) is 0.393. The van der Waals surface area contributed by atoms with Gasteiger partial charge in [0, 0.05) is 37.6 Å². The van der Waals surface area contributed by atoms with Crippen LogP contribution in [0.2, 0.25) is 0 Å². The number of nitrogens with zero attached hydrogens (tertiary/aromatic N) is 2. The first-order valence-electron chi connectivity index (χ1n) is 9.88. The molecule has 29 heavy (non-hydrogen) atoms. The first-order chi connectivity index (χ1) is 13.8. The van der Waals surface area contributed by atoms with Gasteiger partial charge in [0.2, 0.25) is 11.8 Å². The van der Waals surface area contributed by atoms with Crippen molar-refractivity contribution in [1.29, 1.82) is 0 Å². The molecule has 0 spiro atoms.